The molecule has 1 aromatic rings. The summed E-state index contributed by atoms with van der Waals surface area (Å²) in [6.45, 7) is 8.10. The smallest absolute Gasteiger partial charge is 0.0570 e. The van der Waals surface area contributed by atoms with Crippen LogP contribution in [-0.4, -0.2) is 4.98 Å². The van der Waals surface area contributed by atoms with Crippen LogP contribution in [0.3, 0.4) is 0 Å². The van der Waals surface area contributed by atoms with Crippen LogP contribution in [0.5, 0.6) is 0 Å². The van der Waals surface area contributed by atoms with Crippen LogP contribution in [0.4, 0.5) is 5.69 Å². The molecule has 0 bridgehead atoms. The van der Waals surface area contributed by atoms with Gasteiger partial charge in [0.15, 0.2) is 0 Å². The summed E-state index contributed by atoms with van der Waals surface area (Å²) in [4.78, 5) is 4.09. The molecule has 0 amide bonds. The first kappa shape index (κ1) is 9.78. The van der Waals surface area contributed by atoms with Gasteiger partial charge in [-0.1, -0.05) is 19.9 Å². The van der Waals surface area contributed by atoms with E-state index in [1.165, 1.54) is 0 Å². The number of nitrogens with one attached hydrogen (secondary N) is 1. The number of nitrogens with zero attached hydrogens (tertiary/aromatic N) is 1. The molecule has 13 heavy (non-hydrogen) atoms. The van der Waals surface area contributed by atoms with Gasteiger partial charge in [-0.2, -0.15) is 0 Å². The van der Waals surface area contributed by atoms with Crippen LogP contribution in [0, 0.1) is 6.92 Å². The van der Waals surface area contributed by atoms with Gasteiger partial charge in [0.25, 0.3) is 0 Å². The molecule has 0 aromatic carbocycles. The number of pyridine rings is 1. The highest BCUT2D eigenvalue weighted by Gasteiger charge is 1.94. The summed E-state index contributed by atoms with van der Waals surface area (Å²) in [5, 5.41) is 3.23. The van der Waals surface area contributed by atoms with E-state index >= 15 is 0 Å². The minimum Gasteiger partial charge on any atom is -0.358 e. The van der Waals surface area contributed by atoms with Crippen LogP contribution in [0.1, 0.15) is 25.3 Å². The van der Waals surface area contributed by atoms with E-state index in [1.54, 1.807) is 0 Å². The summed E-state index contributed by atoms with van der Waals surface area (Å²) >= 11 is 0. The summed E-state index contributed by atoms with van der Waals surface area (Å²) in [6.07, 6.45) is 5.78. The van der Waals surface area contributed by atoms with Crippen molar-refractivity contribution in [3.05, 3.63) is 36.3 Å². The third-order valence-electron chi connectivity index (χ3n) is 1.75. The van der Waals surface area contributed by atoms with E-state index in [2.05, 4.69) is 29.9 Å². The maximum Gasteiger partial charge on any atom is 0.0570 e. The van der Waals surface area contributed by atoms with Crippen molar-refractivity contribution in [1.29, 1.82) is 0 Å². The Labute approximate surface area is 79.7 Å². The van der Waals surface area contributed by atoms with Gasteiger partial charge in [0.2, 0.25) is 0 Å². The highest BCUT2D eigenvalue weighted by molar-refractivity contribution is 5.47. The van der Waals surface area contributed by atoms with Gasteiger partial charge in [0.05, 0.1) is 11.9 Å². The van der Waals surface area contributed by atoms with Crippen molar-refractivity contribution in [1.82, 2.24) is 4.98 Å². The minimum absolute atomic E-state index is 1.01. The zero-order chi connectivity index (χ0) is 9.68. The third kappa shape index (κ3) is 3.28. The third-order valence-corrected chi connectivity index (χ3v) is 1.75. The molecule has 1 rings (SSSR count). The van der Waals surface area contributed by atoms with Crippen LogP contribution in [0.15, 0.2) is 30.7 Å². The minimum atomic E-state index is 1.01. The first-order chi connectivity index (χ1) is 6.22. The van der Waals surface area contributed by atoms with E-state index in [1.807, 2.05) is 19.3 Å². The van der Waals surface area contributed by atoms with E-state index in [4.69, 9.17) is 0 Å². The van der Waals surface area contributed by atoms with E-state index < -0.39 is 0 Å². The van der Waals surface area contributed by atoms with Crippen molar-refractivity contribution in [3.8, 4) is 0 Å². The fourth-order valence-corrected chi connectivity index (χ4v) is 1.19. The van der Waals surface area contributed by atoms with E-state index in [0.29, 0.717) is 0 Å². The summed E-state index contributed by atoms with van der Waals surface area (Å²) in [5.41, 5.74) is 3.24. The number of aryl methyl sites for hydroxylation is 1. The Balaban J connectivity index is 2.58. The summed E-state index contributed by atoms with van der Waals surface area (Å²) < 4.78 is 0. The average Bonchev–Trinajstić information content (AvgIpc) is 2.04. The molecule has 1 N–H and O–H groups in total. The van der Waals surface area contributed by atoms with Crippen molar-refractivity contribution in [2.45, 2.75) is 26.7 Å². The van der Waals surface area contributed by atoms with E-state index in [9.17, 15) is 0 Å². The van der Waals surface area contributed by atoms with Crippen LogP contribution >= 0.6 is 0 Å². The summed E-state index contributed by atoms with van der Waals surface area (Å²) in [7, 11) is 0. The summed E-state index contributed by atoms with van der Waals surface area (Å²) in [5.74, 6) is 0. The molecule has 0 fully saturated rings. The molecule has 2 heteroatoms. The molecule has 0 aliphatic rings. The molecular weight excluding hydrogens is 160 g/mol. The lowest BCUT2D eigenvalue weighted by atomic mass is 10.2. The Hall–Kier alpha value is -1.31. The zero-order valence-corrected chi connectivity index (χ0v) is 8.30. The molecule has 0 aliphatic carbocycles. The lowest BCUT2D eigenvalue weighted by Crippen LogP contribution is -1.98. The molecular formula is C11H16N2. The molecule has 1 aromatic heterocycles. The Kier molecular flexibility index (Phi) is 3.50. The maximum absolute atomic E-state index is 4.09. The Bertz CT molecular complexity index is 292. The zero-order valence-electron chi connectivity index (χ0n) is 8.30. The predicted octanol–water partition coefficient (Wildman–Crippen LogP) is 3.12. The standard InChI is InChI=1S/C11H16N2/c1-4-5-10(3)13-11-6-9(2)7-12-8-11/h6-8,13H,3-5H2,1-2H3. The van der Waals surface area contributed by atoms with Crippen LogP contribution in [0.25, 0.3) is 0 Å². The number of hydrogen-bond acceptors (Lipinski definition) is 2. The lowest BCUT2D eigenvalue weighted by Gasteiger charge is -2.08. The van der Waals surface area contributed by atoms with Gasteiger partial charge in [-0.3, -0.25) is 4.98 Å². The van der Waals surface area contributed by atoms with Crippen LogP contribution in [0.2, 0.25) is 0 Å². The van der Waals surface area contributed by atoms with Gasteiger partial charge in [0.1, 0.15) is 0 Å². The number of allylic oxidation sites excluding steroid dienone is 1. The topological polar surface area (TPSA) is 24.9 Å². The van der Waals surface area contributed by atoms with Crippen molar-refractivity contribution < 1.29 is 0 Å². The molecule has 0 atom stereocenters. The molecule has 1 heterocycles. The molecule has 2 nitrogen and oxygen atoms in total. The second kappa shape index (κ2) is 4.65. The normalized spacial score (nSPS) is 9.69. The van der Waals surface area contributed by atoms with Crippen molar-refractivity contribution >= 4 is 5.69 Å². The highest BCUT2D eigenvalue weighted by Crippen LogP contribution is 2.11. The summed E-state index contributed by atoms with van der Waals surface area (Å²) in [6, 6.07) is 2.06. The average molecular weight is 176 g/mol. The Morgan fingerprint density at radius 1 is 1.54 bits per heavy atom. The van der Waals surface area contributed by atoms with Gasteiger partial charge >= 0.3 is 0 Å². The van der Waals surface area contributed by atoms with E-state index in [0.717, 1.165) is 29.8 Å². The van der Waals surface area contributed by atoms with Gasteiger partial charge in [-0.25, -0.2) is 0 Å². The first-order valence-electron chi connectivity index (χ1n) is 4.59. The fourth-order valence-electron chi connectivity index (χ4n) is 1.19. The molecule has 0 aliphatic heterocycles. The molecule has 0 radical (unpaired) electrons. The predicted molar refractivity (Wildman–Crippen MR) is 56.6 cm³/mol. The number of hydrogen-bond donors (Lipinski definition) is 1. The molecule has 0 unspecified atom stereocenters. The second-order valence-electron chi connectivity index (χ2n) is 3.23. The first-order valence-corrected chi connectivity index (χ1v) is 4.59. The maximum atomic E-state index is 4.09. The molecule has 0 saturated heterocycles. The van der Waals surface area contributed by atoms with Crippen molar-refractivity contribution in [3.63, 3.8) is 0 Å². The Morgan fingerprint density at radius 3 is 2.92 bits per heavy atom. The molecule has 0 saturated carbocycles. The monoisotopic (exact) mass is 176 g/mol. The van der Waals surface area contributed by atoms with Crippen molar-refractivity contribution in [2.24, 2.45) is 0 Å². The largest absolute Gasteiger partial charge is 0.358 e. The van der Waals surface area contributed by atoms with Crippen LogP contribution < -0.4 is 5.32 Å². The van der Waals surface area contributed by atoms with Gasteiger partial charge in [0, 0.05) is 11.9 Å². The number of rotatable bonds is 4. The fraction of sp³-hybridized carbons (Fsp3) is 0.364. The van der Waals surface area contributed by atoms with Crippen LogP contribution in [-0.2, 0) is 0 Å². The second-order valence-corrected chi connectivity index (χ2v) is 3.23. The van der Waals surface area contributed by atoms with E-state index in [-0.39, 0.29) is 0 Å². The van der Waals surface area contributed by atoms with Gasteiger partial charge < -0.3 is 5.32 Å². The number of aromatic nitrogens is 1. The molecule has 70 valence electrons. The lowest BCUT2D eigenvalue weighted by molar-refractivity contribution is 0.913. The van der Waals surface area contributed by atoms with Gasteiger partial charge in [-0.05, 0) is 25.0 Å². The SMILES string of the molecule is C=C(CCC)Nc1cncc(C)c1. The van der Waals surface area contributed by atoms with Gasteiger partial charge in [-0.15, -0.1) is 0 Å². The molecule has 0 spiro atoms. The van der Waals surface area contributed by atoms with Crippen molar-refractivity contribution in [2.75, 3.05) is 5.32 Å². The highest BCUT2D eigenvalue weighted by atomic mass is 14.9. The number of anilines is 1. The quantitative estimate of drug-likeness (QED) is 0.762. The Morgan fingerprint density at radius 2 is 2.31 bits per heavy atom.